The molecule has 0 unspecified atom stereocenters. The Morgan fingerprint density at radius 1 is 0.318 bits per heavy atom. The first-order valence-electron chi connectivity index (χ1n) is 15.0. The number of furan rings is 1. The summed E-state index contributed by atoms with van der Waals surface area (Å²) in [7, 11) is 0. The predicted molar refractivity (Wildman–Crippen MR) is 186 cm³/mol. The van der Waals surface area contributed by atoms with Crippen molar-refractivity contribution in [2.75, 3.05) is 4.90 Å². The number of fused-ring (bicyclic) bond motifs is 8. The SMILES string of the molecule is c1ccc(-c2ccc(N(c3ccc4c(ccc5c6ccccc6ccc45)c3)c3ccc4oc5ccccc5c4c3)cc2)cc1. The molecule has 0 saturated heterocycles. The number of benzene rings is 8. The Morgan fingerprint density at radius 3 is 1.73 bits per heavy atom. The minimum Gasteiger partial charge on any atom is -0.456 e. The lowest BCUT2D eigenvalue weighted by Crippen LogP contribution is -2.09. The van der Waals surface area contributed by atoms with Gasteiger partial charge in [0.15, 0.2) is 0 Å². The van der Waals surface area contributed by atoms with E-state index >= 15 is 0 Å². The molecule has 1 aromatic heterocycles. The molecule has 0 aliphatic heterocycles. The topological polar surface area (TPSA) is 16.4 Å². The van der Waals surface area contributed by atoms with Crippen molar-refractivity contribution in [3.8, 4) is 11.1 Å². The van der Waals surface area contributed by atoms with E-state index in [4.69, 9.17) is 4.42 Å². The Labute approximate surface area is 255 Å². The number of hydrogen-bond donors (Lipinski definition) is 0. The first-order chi connectivity index (χ1) is 21.8. The van der Waals surface area contributed by atoms with Gasteiger partial charge in [0, 0.05) is 27.8 Å². The lowest BCUT2D eigenvalue weighted by molar-refractivity contribution is 0.669. The van der Waals surface area contributed by atoms with Gasteiger partial charge in [-0.1, -0.05) is 115 Å². The van der Waals surface area contributed by atoms with Crippen LogP contribution >= 0.6 is 0 Å². The van der Waals surface area contributed by atoms with Crippen LogP contribution in [0.5, 0.6) is 0 Å². The molecule has 0 bridgehead atoms. The van der Waals surface area contributed by atoms with Crippen LogP contribution in [0.3, 0.4) is 0 Å². The molecule has 9 aromatic rings. The van der Waals surface area contributed by atoms with E-state index in [1.54, 1.807) is 0 Å². The fourth-order valence-corrected chi connectivity index (χ4v) is 6.69. The summed E-state index contributed by atoms with van der Waals surface area (Å²) in [5.41, 5.74) is 7.50. The van der Waals surface area contributed by atoms with E-state index in [0.717, 1.165) is 39.0 Å². The van der Waals surface area contributed by atoms with Crippen LogP contribution in [0.1, 0.15) is 0 Å². The fourth-order valence-electron chi connectivity index (χ4n) is 6.69. The van der Waals surface area contributed by atoms with E-state index < -0.39 is 0 Å². The molecule has 0 saturated carbocycles. The van der Waals surface area contributed by atoms with E-state index in [2.05, 4.69) is 157 Å². The third kappa shape index (κ3) is 3.96. The number of rotatable bonds is 4. The Kier molecular flexibility index (Phi) is 5.54. The smallest absolute Gasteiger partial charge is 0.135 e. The van der Waals surface area contributed by atoms with Crippen LogP contribution in [0.4, 0.5) is 17.1 Å². The normalized spacial score (nSPS) is 11.6. The van der Waals surface area contributed by atoms with Crippen LogP contribution in [-0.4, -0.2) is 0 Å². The van der Waals surface area contributed by atoms with Gasteiger partial charge in [0.05, 0.1) is 0 Å². The third-order valence-corrected chi connectivity index (χ3v) is 8.83. The molecule has 0 N–H and O–H groups in total. The quantitative estimate of drug-likeness (QED) is 0.199. The standard InChI is InChI=1S/C42H27NO/c1-2-8-28(9-3-1)29-14-18-32(19-15-29)43(34-21-25-42-40(27-34)39-12-6-7-13-41(39)44-42)33-20-24-36-31(26-33)17-23-37-35-11-5-4-10-30(35)16-22-38(36)37/h1-27H. The van der Waals surface area contributed by atoms with Gasteiger partial charge in [-0.15, -0.1) is 0 Å². The summed E-state index contributed by atoms with van der Waals surface area (Å²) in [4.78, 5) is 2.35. The van der Waals surface area contributed by atoms with E-state index in [1.807, 2.05) is 12.1 Å². The first kappa shape index (κ1) is 24.7. The number of anilines is 3. The molecule has 0 spiro atoms. The van der Waals surface area contributed by atoms with Crippen molar-refractivity contribution in [2.45, 2.75) is 0 Å². The van der Waals surface area contributed by atoms with Crippen molar-refractivity contribution < 1.29 is 4.42 Å². The number of hydrogen-bond acceptors (Lipinski definition) is 2. The predicted octanol–water partition coefficient (Wildman–Crippen LogP) is 12.2. The molecular weight excluding hydrogens is 534 g/mol. The minimum atomic E-state index is 0.895. The van der Waals surface area contributed by atoms with Gasteiger partial charge in [0.25, 0.3) is 0 Å². The summed E-state index contributed by atoms with van der Waals surface area (Å²) >= 11 is 0. The van der Waals surface area contributed by atoms with Crippen molar-refractivity contribution in [1.29, 1.82) is 0 Å². The summed E-state index contributed by atoms with van der Waals surface area (Å²) in [6.45, 7) is 0. The molecule has 0 atom stereocenters. The lowest BCUT2D eigenvalue weighted by Gasteiger charge is -2.26. The largest absolute Gasteiger partial charge is 0.456 e. The molecule has 2 heteroatoms. The highest BCUT2D eigenvalue weighted by Gasteiger charge is 2.17. The maximum atomic E-state index is 6.17. The molecule has 0 amide bonds. The molecule has 0 aliphatic rings. The molecule has 8 aromatic carbocycles. The zero-order valence-corrected chi connectivity index (χ0v) is 23.9. The van der Waals surface area contributed by atoms with E-state index in [-0.39, 0.29) is 0 Å². The van der Waals surface area contributed by atoms with Crippen LogP contribution in [-0.2, 0) is 0 Å². The van der Waals surface area contributed by atoms with Crippen molar-refractivity contribution in [3.63, 3.8) is 0 Å². The van der Waals surface area contributed by atoms with Gasteiger partial charge in [-0.3, -0.25) is 0 Å². The molecule has 44 heavy (non-hydrogen) atoms. The average molecular weight is 562 g/mol. The van der Waals surface area contributed by atoms with E-state index in [9.17, 15) is 0 Å². The maximum absolute atomic E-state index is 6.17. The Morgan fingerprint density at radius 2 is 0.886 bits per heavy atom. The van der Waals surface area contributed by atoms with Crippen molar-refractivity contribution in [1.82, 2.24) is 0 Å². The monoisotopic (exact) mass is 561 g/mol. The highest BCUT2D eigenvalue weighted by molar-refractivity contribution is 6.17. The average Bonchev–Trinajstić information content (AvgIpc) is 3.47. The number of para-hydroxylation sites is 1. The highest BCUT2D eigenvalue weighted by Crippen LogP contribution is 2.41. The van der Waals surface area contributed by atoms with Crippen molar-refractivity contribution in [3.05, 3.63) is 164 Å². The zero-order chi connectivity index (χ0) is 29.0. The second kappa shape index (κ2) is 9.86. The molecule has 206 valence electrons. The van der Waals surface area contributed by atoms with E-state index in [1.165, 1.54) is 43.4 Å². The van der Waals surface area contributed by atoms with Gasteiger partial charge in [-0.25, -0.2) is 0 Å². The van der Waals surface area contributed by atoms with Gasteiger partial charge in [0.2, 0.25) is 0 Å². The molecule has 0 fully saturated rings. The number of nitrogens with zero attached hydrogens (tertiary/aromatic N) is 1. The second-order valence-corrected chi connectivity index (χ2v) is 11.4. The summed E-state index contributed by atoms with van der Waals surface area (Å²) in [5.74, 6) is 0. The minimum absolute atomic E-state index is 0.895. The summed E-state index contributed by atoms with van der Waals surface area (Å²) < 4.78 is 6.17. The molecule has 2 nitrogen and oxygen atoms in total. The van der Waals surface area contributed by atoms with Crippen LogP contribution in [0.15, 0.2) is 168 Å². The van der Waals surface area contributed by atoms with Gasteiger partial charge >= 0.3 is 0 Å². The Balaban J connectivity index is 1.23. The van der Waals surface area contributed by atoms with Crippen LogP contribution in [0, 0.1) is 0 Å². The summed E-state index contributed by atoms with van der Waals surface area (Å²) in [5, 5.41) is 9.83. The van der Waals surface area contributed by atoms with E-state index in [0.29, 0.717) is 0 Å². The van der Waals surface area contributed by atoms with Gasteiger partial charge in [-0.05, 0) is 92.0 Å². The fraction of sp³-hybridized carbons (Fsp3) is 0. The lowest BCUT2D eigenvalue weighted by atomic mass is 9.96. The molecule has 1 heterocycles. The molecule has 0 radical (unpaired) electrons. The highest BCUT2D eigenvalue weighted by atomic mass is 16.3. The van der Waals surface area contributed by atoms with Crippen LogP contribution in [0.25, 0.3) is 65.4 Å². The zero-order valence-electron chi connectivity index (χ0n) is 23.9. The van der Waals surface area contributed by atoms with Gasteiger partial charge < -0.3 is 9.32 Å². The Hall–Kier alpha value is -5.86. The summed E-state index contributed by atoms with van der Waals surface area (Å²) in [6.07, 6.45) is 0. The van der Waals surface area contributed by atoms with Crippen LogP contribution < -0.4 is 4.90 Å². The van der Waals surface area contributed by atoms with Crippen LogP contribution in [0.2, 0.25) is 0 Å². The molecule has 0 aliphatic carbocycles. The van der Waals surface area contributed by atoms with Crippen molar-refractivity contribution >= 4 is 71.3 Å². The van der Waals surface area contributed by atoms with Crippen molar-refractivity contribution in [2.24, 2.45) is 0 Å². The van der Waals surface area contributed by atoms with Gasteiger partial charge in [0.1, 0.15) is 11.2 Å². The molecule has 9 rings (SSSR count). The maximum Gasteiger partial charge on any atom is 0.135 e. The summed E-state index contributed by atoms with van der Waals surface area (Å²) in [6, 6.07) is 58.6. The Bertz CT molecular complexity index is 2490. The van der Waals surface area contributed by atoms with Gasteiger partial charge in [-0.2, -0.15) is 0 Å². The molecular formula is C42H27NO. The first-order valence-corrected chi connectivity index (χ1v) is 15.0. The third-order valence-electron chi connectivity index (χ3n) is 8.83. The second-order valence-electron chi connectivity index (χ2n) is 11.4.